The van der Waals surface area contributed by atoms with Crippen LogP contribution in [0.4, 0.5) is 18.9 Å². The number of morpholine rings is 1. The van der Waals surface area contributed by atoms with Gasteiger partial charge in [-0.2, -0.15) is 8.78 Å². The van der Waals surface area contributed by atoms with E-state index >= 15 is 0 Å². The van der Waals surface area contributed by atoms with Crippen LogP contribution in [0.25, 0.3) is 0 Å². The van der Waals surface area contributed by atoms with Crippen molar-refractivity contribution >= 4 is 17.5 Å². The van der Waals surface area contributed by atoms with Crippen LogP contribution in [0, 0.1) is 12.7 Å². The van der Waals surface area contributed by atoms with E-state index in [0.29, 0.717) is 0 Å². The van der Waals surface area contributed by atoms with E-state index in [0.717, 1.165) is 22.6 Å². The molecule has 0 saturated carbocycles. The molecule has 2 aromatic rings. The SMILES string of the molecule is Cc1ccc(C(=O)N2CCOCC3(C2)CN(c2ccc(F)cc2)C(=O)C(F)(F)O3)nc1. The summed E-state index contributed by atoms with van der Waals surface area (Å²) in [4.78, 5) is 31.6. The summed E-state index contributed by atoms with van der Waals surface area (Å²) in [7, 11) is 0. The molecule has 7 nitrogen and oxygen atoms in total. The van der Waals surface area contributed by atoms with Crippen molar-refractivity contribution < 1.29 is 32.2 Å². The Morgan fingerprint density at radius 2 is 1.87 bits per heavy atom. The van der Waals surface area contributed by atoms with E-state index in [1.165, 1.54) is 23.2 Å². The summed E-state index contributed by atoms with van der Waals surface area (Å²) in [6, 6.07) is 7.90. The number of nitrogens with zero attached hydrogens (tertiary/aromatic N) is 3. The van der Waals surface area contributed by atoms with Gasteiger partial charge in [0.25, 0.3) is 5.91 Å². The number of pyridine rings is 1. The highest BCUT2D eigenvalue weighted by atomic mass is 19.3. The van der Waals surface area contributed by atoms with E-state index in [1.54, 1.807) is 12.1 Å². The Bertz CT molecular complexity index is 984. The van der Waals surface area contributed by atoms with Gasteiger partial charge in [0.05, 0.1) is 26.3 Å². The van der Waals surface area contributed by atoms with Gasteiger partial charge in [0, 0.05) is 18.4 Å². The van der Waals surface area contributed by atoms with Crippen LogP contribution in [0.2, 0.25) is 0 Å². The Kier molecular flexibility index (Phi) is 5.44. The zero-order chi connectivity index (χ0) is 22.2. The predicted octanol–water partition coefficient (Wildman–Crippen LogP) is 2.40. The molecule has 1 unspecified atom stereocenters. The normalized spacial score (nSPS) is 23.7. The van der Waals surface area contributed by atoms with Crippen LogP contribution in [0.1, 0.15) is 16.1 Å². The Morgan fingerprint density at radius 1 is 1.13 bits per heavy atom. The Labute approximate surface area is 176 Å². The fourth-order valence-electron chi connectivity index (χ4n) is 3.69. The maximum Gasteiger partial charge on any atom is 0.437 e. The smallest absolute Gasteiger partial charge is 0.376 e. The number of aromatic nitrogens is 1. The molecule has 1 aromatic carbocycles. The molecule has 2 fully saturated rings. The maximum atomic E-state index is 14.6. The first-order valence-electron chi connectivity index (χ1n) is 9.64. The molecular weight excluding hydrogens is 415 g/mol. The Hall–Kier alpha value is -2.98. The van der Waals surface area contributed by atoms with Gasteiger partial charge in [-0.25, -0.2) is 4.39 Å². The van der Waals surface area contributed by atoms with Crippen LogP contribution in [0.3, 0.4) is 0 Å². The second-order valence-corrected chi connectivity index (χ2v) is 7.67. The van der Waals surface area contributed by atoms with Gasteiger partial charge in [-0.05, 0) is 42.8 Å². The van der Waals surface area contributed by atoms with Gasteiger partial charge in [-0.3, -0.25) is 19.3 Å². The summed E-state index contributed by atoms with van der Waals surface area (Å²) in [5.74, 6) is -2.58. The van der Waals surface area contributed by atoms with Gasteiger partial charge in [-0.1, -0.05) is 6.07 Å². The van der Waals surface area contributed by atoms with Gasteiger partial charge in [0.1, 0.15) is 17.1 Å². The van der Waals surface area contributed by atoms with Crippen LogP contribution in [-0.4, -0.2) is 66.3 Å². The molecular formula is C21H20F3N3O4. The van der Waals surface area contributed by atoms with E-state index in [-0.39, 0.29) is 44.2 Å². The average molecular weight is 435 g/mol. The number of amides is 2. The number of rotatable bonds is 2. The molecule has 0 N–H and O–H groups in total. The third-order valence-corrected chi connectivity index (χ3v) is 5.19. The zero-order valence-corrected chi connectivity index (χ0v) is 16.7. The first-order chi connectivity index (χ1) is 14.7. The van der Waals surface area contributed by atoms with E-state index in [9.17, 15) is 22.8 Å². The molecule has 2 amide bonds. The number of aryl methyl sites for hydroxylation is 1. The summed E-state index contributed by atoms with van der Waals surface area (Å²) in [6.45, 7) is 1.31. The topological polar surface area (TPSA) is 72.0 Å². The minimum atomic E-state index is -4.14. The minimum absolute atomic E-state index is 0.0936. The van der Waals surface area contributed by atoms with Crippen molar-refractivity contribution in [2.75, 3.05) is 37.7 Å². The molecule has 10 heteroatoms. The number of alkyl halides is 2. The maximum absolute atomic E-state index is 14.6. The Morgan fingerprint density at radius 3 is 2.55 bits per heavy atom. The van der Waals surface area contributed by atoms with Gasteiger partial charge >= 0.3 is 12.0 Å². The summed E-state index contributed by atoms with van der Waals surface area (Å²) in [6.07, 6.45) is -2.60. The number of ether oxygens (including phenoxy) is 2. The molecule has 31 heavy (non-hydrogen) atoms. The number of halogens is 3. The van der Waals surface area contributed by atoms with Crippen LogP contribution >= 0.6 is 0 Å². The number of anilines is 1. The molecule has 3 heterocycles. The molecule has 4 rings (SSSR count). The lowest BCUT2D eigenvalue weighted by molar-refractivity contribution is -0.293. The average Bonchev–Trinajstić information content (AvgIpc) is 2.94. The third-order valence-electron chi connectivity index (χ3n) is 5.19. The highest BCUT2D eigenvalue weighted by molar-refractivity contribution is 5.98. The Balaban J connectivity index is 1.64. The second-order valence-electron chi connectivity index (χ2n) is 7.67. The monoisotopic (exact) mass is 435 g/mol. The molecule has 1 spiro atoms. The van der Waals surface area contributed by atoms with Crippen LogP contribution in [0.15, 0.2) is 42.6 Å². The van der Waals surface area contributed by atoms with Crippen LogP contribution in [-0.2, 0) is 14.3 Å². The second kappa shape index (κ2) is 7.93. The van der Waals surface area contributed by atoms with Gasteiger partial charge < -0.3 is 14.5 Å². The van der Waals surface area contributed by atoms with Gasteiger partial charge in [0.15, 0.2) is 0 Å². The molecule has 0 aliphatic carbocycles. The predicted molar refractivity (Wildman–Crippen MR) is 103 cm³/mol. The van der Waals surface area contributed by atoms with Crippen LogP contribution < -0.4 is 4.90 Å². The fourth-order valence-corrected chi connectivity index (χ4v) is 3.69. The summed E-state index contributed by atoms with van der Waals surface area (Å²) < 4.78 is 53.0. The molecule has 2 aliphatic rings. The number of benzene rings is 1. The highest BCUT2D eigenvalue weighted by Crippen LogP contribution is 2.37. The lowest BCUT2D eigenvalue weighted by Crippen LogP contribution is -2.66. The van der Waals surface area contributed by atoms with E-state index in [1.807, 2.05) is 6.92 Å². The van der Waals surface area contributed by atoms with Crippen molar-refractivity contribution in [3.63, 3.8) is 0 Å². The fraction of sp³-hybridized carbons (Fsp3) is 0.381. The lowest BCUT2D eigenvalue weighted by atomic mass is 10.00. The van der Waals surface area contributed by atoms with Crippen molar-refractivity contribution in [3.8, 4) is 0 Å². The van der Waals surface area contributed by atoms with Crippen molar-refractivity contribution in [2.45, 2.75) is 18.6 Å². The standard InChI is InChI=1S/C21H20F3N3O4/c1-14-2-7-17(25-10-14)18(28)26-8-9-30-13-20(11-26)12-27(19(29)21(23,24)31-20)16-5-3-15(22)4-6-16/h2-7,10H,8-9,11-13H2,1H3. The highest BCUT2D eigenvalue weighted by Gasteiger charge is 2.58. The van der Waals surface area contributed by atoms with Crippen LogP contribution in [0.5, 0.6) is 0 Å². The minimum Gasteiger partial charge on any atom is -0.376 e. The van der Waals surface area contributed by atoms with E-state index < -0.39 is 29.3 Å². The van der Waals surface area contributed by atoms with Crippen molar-refractivity contribution in [1.29, 1.82) is 0 Å². The van der Waals surface area contributed by atoms with Crippen molar-refractivity contribution in [2.24, 2.45) is 0 Å². The molecule has 1 aromatic heterocycles. The third kappa shape index (κ3) is 4.26. The summed E-state index contributed by atoms with van der Waals surface area (Å²) in [5, 5.41) is 0. The van der Waals surface area contributed by atoms with E-state index in [4.69, 9.17) is 9.47 Å². The first kappa shape index (κ1) is 21.3. The lowest BCUT2D eigenvalue weighted by Gasteiger charge is -2.45. The number of carbonyl (C=O) groups is 2. The largest absolute Gasteiger partial charge is 0.437 e. The summed E-state index contributed by atoms with van der Waals surface area (Å²) >= 11 is 0. The van der Waals surface area contributed by atoms with Crippen molar-refractivity contribution in [1.82, 2.24) is 9.88 Å². The first-order valence-corrected chi connectivity index (χ1v) is 9.64. The number of hydrogen-bond donors (Lipinski definition) is 0. The number of hydrogen-bond acceptors (Lipinski definition) is 5. The molecule has 2 aliphatic heterocycles. The van der Waals surface area contributed by atoms with E-state index in [2.05, 4.69) is 4.98 Å². The molecule has 1 atom stereocenters. The van der Waals surface area contributed by atoms with Crippen molar-refractivity contribution in [3.05, 3.63) is 59.7 Å². The summed E-state index contributed by atoms with van der Waals surface area (Å²) in [5.41, 5.74) is -0.550. The molecule has 0 radical (unpaired) electrons. The zero-order valence-electron chi connectivity index (χ0n) is 16.7. The van der Waals surface area contributed by atoms with Gasteiger partial charge in [0.2, 0.25) is 0 Å². The molecule has 164 valence electrons. The number of carbonyl (C=O) groups excluding carboxylic acids is 2. The van der Waals surface area contributed by atoms with Gasteiger partial charge in [-0.15, -0.1) is 0 Å². The molecule has 2 saturated heterocycles. The quantitative estimate of drug-likeness (QED) is 0.725. The molecule has 0 bridgehead atoms.